The SMILES string of the molecule is C=C(NCc1ccccc1C)C(C)(C)C. The molecule has 0 saturated carbocycles. The van der Waals surface area contributed by atoms with E-state index in [1.165, 1.54) is 11.1 Å². The van der Waals surface area contributed by atoms with E-state index in [9.17, 15) is 0 Å². The van der Waals surface area contributed by atoms with Crippen LogP contribution in [0.25, 0.3) is 0 Å². The summed E-state index contributed by atoms with van der Waals surface area (Å²) in [6.07, 6.45) is 0. The van der Waals surface area contributed by atoms with E-state index in [1.54, 1.807) is 0 Å². The third-order valence-electron chi connectivity index (χ3n) is 2.66. The van der Waals surface area contributed by atoms with Crippen LogP contribution in [0.5, 0.6) is 0 Å². The Morgan fingerprint density at radius 2 is 1.87 bits per heavy atom. The normalized spacial score (nSPS) is 11.2. The molecular formula is C14H21N. The molecule has 0 fully saturated rings. The fraction of sp³-hybridized carbons (Fsp3) is 0.429. The fourth-order valence-corrected chi connectivity index (χ4v) is 1.28. The van der Waals surface area contributed by atoms with Crippen LogP contribution in [0.1, 0.15) is 31.9 Å². The molecule has 0 spiro atoms. The maximum atomic E-state index is 4.06. The van der Waals surface area contributed by atoms with Crippen molar-refractivity contribution in [3.63, 3.8) is 0 Å². The molecular weight excluding hydrogens is 182 g/mol. The molecule has 0 aromatic heterocycles. The van der Waals surface area contributed by atoms with Crippen molar-refractivity contribution in [3.8, 4) is 0 Å². The Balaban J connectivity index is 2.59. The van der Waals surface area contributed by atoms with E-state index in [0.717, 1.165) is 12.2 Å². The molecule has 1 rings (SSSR count). The van der Waals surface area contributed by atoms with Gasteiger partial charge in [0.25, 0.3) is 0 Å². The standard InChI is InChI=1S/C14H21N/c1-11-8-6-7-9-13(11)10-15-12(2)14(3,4)5/h6-9,15H,2,10H2,1,3-5H3. The van der Waals surface area contributed by atoms with Crippen molar-refractivity contribution >= 4 is 0 Å². The average molecular weight is 203 g/mol. The molecule has 0 heterocycles. The van der Waals surface area contributed by atoms with Gasteiger partial charge in [0.1, 0.15) is 0 Å². The Bertz CT molecular complexity index is 345. The second kappa shape index (κ2) is 4.52. The first-order valence-electron chi connectivity index (χ1n) is 5.39. The number of rotatable bonds is 3. The van der Waals surface area contributed by atoms with Crippen LogP contribution in [0.3, 0.4) is 0 Å². The van der Waals surface area contributed by atoms with E-state index in [-0.39, 0.29) is 5.41 Å². The highest BCUT2D eigenvalue weighted by Gasteiger charge is 2.14. The Kier molecular flexibility index (Phi) is 3.57. The number of nitrogens with one attached hydrogen (secondary N) is 1. The molecule has 1 nitrogen and oxygen atoms in total. The summed E-state index contributed by atoms with van der Waals surface area (Å²) in [6.45, 7) is 13.6. The molecule has 0 aliphatic carbocycles. The monoisotopic (exact) mass is 203 g/mol. The van der Waals surface area contributed by atoms with E-state index in [0.29, 0.717) is 0 Å². The second-order valence-corrected chi connectivity index (χ2v) is 5.01. The summed E-state index contributed by atoms with van der Waals surface area (Å²) in [6, 6.07) is 8.43. The summed E-state index contributed by atoms with van der Waals surface area (Å²) < 4.78 is 0. The number of hydrogen-bond donors (Lipinski definition) is 1. The zero-order chi connectivity index (χ0) is 11.5. The number of hydrogen-bond acceptors (Lipinski definition) is 1. The minimum Gasteiger partial charge on any atom is -0.384 e. The molecule has 0 bridgehead atoms. The van der Waals surface area contributed by atoms with Crippen molar-refractivity contribution in [2.24, 2.45) is 5.41 Å². The average Bonchev–Trinajstić information content (AvgIpc) is 2.14. The number of aryl methyl sites for hydroxylation is 1. The summed E-state index contributed by atoms with van der Waals surface area (Å²) in [7, 11) is 0. The topological polar surface area (TPSA) is 12.0 Å². The third kappa shape index (κ3) is 3.43. The van der Waals surface area contributed by atoms with Crippen LogP contribution < -0.4 is 5.32 Å². The quantitative estimate of drug-likeness (QED) is 0.790. The van der Waals surface area contributed by atoms with Crippen LogP contribution >= 0.6 is 0 Å². The molecule has 82 valence electrons. The van der Waals surface area contributed by atoms with Gasteiger partial charge in [-0.15, -0.1) is 0 Å². The predicted octanol–water partition coefficient (Wildman–Crippen LogP) is 3.64. The Morgan fingerprint density at radius 1 is 1.27 bits per heavy atom. The molecule has 1 heteroatoms. The molecule has 1 N–H and O–H groups in total. The van der Waals surface area contributed by atoms with Crippen LogP contribution in [-0.4, -0.2) is 0 Å². The van der Waals surface area contributed by atoms with E-state index in [4.69, 9.17) is 0 Å². The Hall–Kier alpha value is -1.24. The molecule has 0 aliphatic heterocycles. The van der Waals surface area contributed by atoms with Gasteiger partial charge in [0.05, 0.1) is 0 Å². The highest BCUT2D eigenvalue weighted by atomic mass is 14.9. The van der Waals surface area contributed by atoms with Crippen molar-refractivity contribution in [2.45, 2.75) is 34.2 Å². The van der Waals surface area contributed by atoms with Crippen LogP contribution in [0, 0.1) is 12.3 Å². The van der Waals surface area contributed by atoms with Crippen molar-refractivity contribution in [1.82, 2.24) is 5.32 Å². The zero-order valence-electron chi connectivity index (χ0n) is 10.2. The van der Waals surface area contributed by atoms with Gasteiger partial charge in [-0.1, -0.05) is 51.6 Å². The predicted molar refractivity (Wildman–Crippen MR) is 66.6 cm³/mol. The van der Waals surface area contributed by atoms with Gasteiger partial charge in [0, 0.05) is 17.7 Å². The molecule has 15 heavy (non-hydrogen) atoms. The number of allylic oxidation sites excluding steroid dienone is 1. The second-order valence-electron chi connectivity index (χ2n) is 5.01. The fourth-order valence-electron chi connectivity index (χ4n) is 1.28. The van der Waals surface area contributed by atoms with Crippen LogP contribution in [0.4, 0.5) is 0 Å². The first-order valence-corrected chi connectivity index (χ1v) is 5.39. The maximum Gasteiger partial charge on any atom is 0.0400 e. The van der Waals surface area contributed by atoms with Crippen molar-refractivity contribution in [3.05, 3.63) is 47.7 Å². The Morgan fingerprint density at radius 3 is 2.40 bits per heavy atom. The lowest BCUT2D eigenvalue weighted by Gasteiger charge is -2.23. The van der Waals surface area contributed by atoms with Gasteiger partial charge in [-0.2, -0.15) is 0 Å². The third-order valence-corrected chi connectivity index (χ3v) is 2.66. The van der Waals surface area contributed by atoms with Crippen molar-refractivity contribution in [2.75, 3.05) is 0 Å². The first kappa shape index (κ1) is 11.8. The Labute approximate surface area is 93.2 Å². The van der Waals surface area contributed by atoms with Crippen LogP contribution in [0.15, 0.2) is 36.5 Å². The zero-order valence-corrected chi connectivity index (χ0v) is 10.2. The van der Waals surface area contributed by atoms with Gasteiger partial charge in [-0.05, 0) is 18.1 Å². The smallest absolute Gasteiger partial charge is 0.0400 e. The van der Waals surface area contributed by atoms with Crippen LogP contribution in [-0.2, 0) is 6.54 Å². The highest BCUT2D eigenvalue weighted by Crippen LogP contribution is 2.21. The summed E-state index contributed by atoms with van der Waals surface area (Å²) in [5, 5.41) is 3.39. The van der Waals surface area contributed by atoms with Crippen molar-refractivity contribution in [1.29, 1.82) is 0 Å². The minimum absolute atomic E-state index is 0.128. The summed E-state index contributed by atoms with van der Waals surface area (Å²) in [5.41, 5.74) is 3.88. The summed E-state index contributed by atoms with van der Waals surface area (Å²) in [5.74, 6) is 0. The first-order chi connectivity index (χ1) is 6.91. The largest absolute Gasteiger partial charge is 0.384 e. The molecule has 1 aromatic carbocycles. The van der Waals surface area contributed by atoms with E-state index in [1.807, 2.05) is 0 Å². The van der Waals surface area contributed by atoms with E-state index >= 15 is 0 Å². The minimum atomic E-state index is 0.128. The lowest BCUT2D eigenvalue weighted by Crippen LogP contribution is -2.23. The molecule has 0 radical (unpaired) electrons. The summed E-state index contributed by atoms with van der Waals surface area (Å²) >= 11 is 0. The van der Waals surface area contributed by atoms with Gasteiger partial charge in [0.15, 0.2) is 0 Å². The molecule has 1 aromatic rings. The maximum absolute atomic E-state index is 4.06. The lowest BCUT2D eigenvalue weighted by molar-refractivity contribution is 0.461. The molecule has 0 aliphatic rings. The van der Waals surface area contributed by atoms with E-state index < -0.39 is 0 Å². The van der Waals surface area contributed by atoms with Crippen molar-refractivity contribution < 1.29 is 0 Å². The lowest BCUT2D eigenvalue weighted by atomic mass is 9.93. The molecule has 0 unspecified atom stereocenters. The molecule has 0 amide bonds. The van der Waals surface area contributed by atoms with Gasteiger partial charge >= 0.3 is 0 Å². The van der Waals surface area contributed by atoms with Gasteiger partial charge in [0.2, 0.25) is 0 Å². The van der Waals surface area contributed by atoms with Gasteiger partial charge < -0.3 is 5.32 Å². The van der Waals surface area contributed by atoms with Gasteiger partial charge in [-0.25, -0.2) is 0 Å². The number of benzene rings is 1. The van der Waals surface area contributed by atoms with E-state index in [2.05, 4.69) is 63.9 Å². The van der Waals surface area contributed by atoms with Gasteiger partial charge in [-0.3, -0.25) is 0 Å². The summed E-state index contributed by atoms with van der Waals surface area (Å²) in [4.78, 5) is 0. The van der Waals surface area contributed by atoms with Crippen LogP contribution in [0.2, 0.25) is 0 Å². The highest BCUT2D eigenvalue weighted by molar-refractivity contribution is 5.26. The molecule has 0 saturated heterocycles. The molecule has 0 atom stereocenters.